The van der Waals surface area contributed by atoms with Gasteiger partial charge in [-0.05, 0) is 98.8 Å². The summed E-state index contributed by atoms with van der Waals surface area (Å²) < 4.78 is 31.9. The normalized spacial score (nSPS) is 15.8. The quantitative estimate of drug-likeness (QED) is 0.149. The summed E-state index contributed by atoms with van der Waals surface area (Å²) in [5.74, 6) is -1.88. The Labute approximate surface area is 240 Å². The van der Waals surface area contributed by atoms with Gasteiger partial charge in [-0.2, -0.15) is 0 Å². The monoisotopic (exact) mass is 581 g/mol. The van der Waals surface area contributed by atoms with Gasteiger partial charge in [-0.1, -0.05) is 12.5 Å². The minimum absolute atomic E-state index is 0.177. The van der Waals surface area contributed by atoms with Crippen LogP contribution in [0.3, 0.4) is 0 Å². The molecule has 2 N–H and O–H groups in total. The molecular weight excluding hydrogens is 538 g/mol. The predicted octanol–water partition coefficient (Wildman–Crippen LogP) is 6.12. The fourth-order valence-electron chi connectivity index (χ4n) is 4.08. The largest absolute Gasteiger partial charge is 0.514 e. The second kappa shape index (κ2) is 13.9. The van der Waals surface area contributed by atoms with E-state index in [0.29, 0.717) is 12.8 Å². The fourth-order valence-corrected chi connectivity index (χ4v) is 4.08. The number of benzene rings is 1. The first-order valence-electron chi connectivity index (χ1n) is 13.7. The highest BCUT2D eigenvalue weighted by atomic mass is 16.8. The second-order valence-electron chi connectivity index (χ2n) is 12.3. The molecule has 0 aliphatic heterocycles. The predicted molar refractivity (Wildman–Crippen MR) is 147 cm³/mol. The van der Waals surface area contributed by atoms with Gasteiger partial charge in [0, 0.05) is 12.5 Å². The van der Waals surface area contributed by atoms with Crippen LogP contribution in [-0.4, -0.2) is 58.6 Å². The second-order valence-corrected chi connectivity index (χ2v) is 12.3. The van der Waals surface area contributed by atoms with Crippen molar-refractivity contribution in [1.82, 2.24) is 5.32 Å². The molecule has 0 bridgehead atoms. The summed E-state index contributed by atoms with van der Waals surface area (Å²) >= 11 is 0. The summed E-state index contributed by atoms with van der Waals surface area (Å²) in [6, 6.07) is 3.62. The van der Waals surface area contributed by atoms with Crippen molar-refractivity contribution in [2.75, 3.05) is 0 Å². The zero-order valence-electron chi connectivity index (χ0n) is 25.2. The Morgan fingerprint density at radius 2 is 1.37 bits per heavy atom. The lowest BCUT2D eigenvalue weighted by atomic mass is 9.98. The van der Waals surface area contributed by atoms with Crippen LogP contribution in [0.4, 0.5) is 14.4 Å². The number of aliphatic carboxylic acids is 1. The molecule has 0 spiro atoms. The third kappa shape index (κ3) is 11.8. The van der Waals surface area contributed by atoms with Gasteiger partial charge in [0.05, 0.1) is 0 Å². The molecule has 1 aromatic rings. The molecule has 1 aliphatic carbocycles. The van der Waals surface area contributed by atoms with Crippen LogP contribution < -0.4 is 14.8 Å². The molecular formula is C29H43NO11. The number of rotatable bonds is 9. The molecule has 0 radical (unpaired) electrons. The maximum absolute atomic E-state index is 12.7. The topological polar surface area (TPSA) is 156 Å². The molecule has 0 unspecified atom stereocenters. The smallest absolute Gasteiger partial charge is 0.477 e. The molecule has 0 saturated heterocycles. The highest BCUT2D eigenvalue weighted by Crippen LogP contribution is 2.32. The van der Waals surface area contributed by atoms with Crippen LogP contribution >= 0.6 is 0 Å². The molecule has 1 atom stereocenters. The average molecular weight is 582 g/mol. The fraction of sp³-hybridized carbons (Fsp3) is 0.655. The Morgan fingerprint density at radius 3 is 1.85 bits per heavy atom. The Morgan fingerprint density at radius 1 is 0.829 bits per heavy atom. The lowest BCUT2D eigenvalue weighted by Gasteiger charge is -2.33. The van der Waals surface area contributed by atoms with Gasteiger partial charge in [0.2, 0.25) is 0 Å². The van der Waals surface area contributed by atoms with Gasteiger partial charge in [-0.3, -0.25) is 5.32 Å². The molecule has 0 amide bonds. The molecule has 0 aromatic heterocycles. The van der Waals surface area contributed by atoms with Gasteiger partial charge in [0.1, 0.15) is 17.3 Å². The highest BCUT2D eigenvalue weighted by Gasteiger charge is 2.45. The van der Waals surface area contributed by atoms with Crippen molar-refractivity contribution >= 4 is 24.4 Å². The summed E-state index contributed by atoms with van der Waals surface area (Å²) in [5.41, 5.74) is -3.69. The Kier molecular flexibility index (Phi) is 11.4. The van der Waals surface area contributed by atoms with Gasteiger partial charge < -0.3 is 33.5 Å². The number of carbonyl (C=O) groups is 4. The molecule has 1 aromatic carbocycles. The van der Waals surface area contributed by atoms with E-state index in [9.17, 15) is 24.3 Å². The molecule has 230 valence electrons. The lowest BCUT2D eigenvalue weighted by molar-refractivity contribution is -0.168. The summed E-state index contributed by atoms with van der Waals surface area (Å²) in [6.07, 6.45) is 0.239. The molecule has 1 saturated carbocycles. The van der Waals surface area contributed by atoms with Gasteiger partial charge in [-0.15, -0.1) is 0 Å². The summed E-state index contributed by atoms with van der Waals surface area (Å²) in [7, 11) is 0. The summed E-state index contributed by atoms with van der Waals surface area (Å²) in [5, 5.41) is 13.0. The van der Waals surface area contributed by atoms with Crippen molar-refractivity contribution in [3.8, 4) is 11.5 Å². The SMILES string of the molecule is CC(C)N[C@@](Cc1ccc(OC(=O)OC(C)(C)C)c(OC(=O)OC(C)(C)C)c1)(OC(=O)OC1CCCCC1)C(=O)O. The molecule has 41 heavy (non-hydrogen) atoms. The Bertz CT molecular complexity index is 1080. The molecule has 12 nitrogen and oxygen atoms in total. The van der Waals surface area contributed by atoms with Crippen molar-refractivity contribution in [3.05, 3.63) is 23.8 Å². The van der Waals surface area contributed by atoms with Gasteiger partial charge >= 0.3 is 24.4 Å². The molecule has 1 fully saturated rings. The standard InChI is InChI=1S/C29H43NO11/c1-18(2)30-29(23(31)32,41-24(33)36-20-12-10-9-11-13-20)17-19-14-15-21(37-25(34)39-27(3,4)5)22(16-19)38-26(35)40-28(6,7)8/h14-16,18,20,30H,9-13,17H2,1-8H3,(H,31,32)/t29-/m0/s1. The van der Waals surface area contributed by atoms with Crippen LogP contribution in [0.2, 0.25) is 0 Å². The van der Waals surface area contributed by atoms with Crippen LogP contribution in [0.1, 0.15) is 93.1 Å². The first-order valence-corrected chi connectivity index (χ1v) is 13.7. The number of carbonyl (C=O) groups excluding carboxylic acids is 3. The molecule has 2 rings (SSSR count). The number of nitrogens with one attached hydrogen (secondary N) is 1. The zero-order chi connectivity index (χ0) is 31.0. The van der Waals surface area contributed by atoms with Crippen LogP contribution in [0, 0.1) is 0 Å². The first kappa shape index (κ1) is 33.7. The zero-order valence-corrected chi connectivity index (χ0v) is 25.2. The van der Waals surface area contributed by atoms with E-state index in [4.69, 9.17) is 28.4 Å². The number of hydrogen-bond donors (Lipinski definition) is 2. The molecule has 1 aliphatic rings. The maximum Gasteiger partial charge on any atom is 0.514 e. The third-order valence-electron chi connectivity index (χ3n) is 5.57. The van der Waals surface area contributed by atoms with Crippen LogP contribution in [-0.2, 0) is 30.2 Å². The average Bonchev–Trinajstić information content (AvgIpc) is 2.78. The minimum atomic E-state index is -2.23. The van der Waals surface area contributed by atoms with Gasteiger partial charge in [0.25, 0.3) is 5.72 Å². The van der Waals surface area contributed by atoms with E-state index in [0.717, 1.165) is 19.3 Å². The molecule has 0 heterocycles. The Hall–Kier alpha value is -3.54. The van der Waals surface area contributed by atoms with Crippen molar-refractivity contribution in [2.45, 2.75) is 123 Å². The lowest BCUT2D eigenvalue weighted by Crippen LogP contribution is -2.59. The van der Waals surface area contributed by atoms with E-state index in [1.807, 2.05) is 0 Å². The highest BCUT2D eigenvalue weighted by molar-refractivity contribution is 5.80. The van der Waals surface area contributed by atoms with Crippen molar-refractivity contribution in [3.63, 3.8) is 0 Å². The van der Waals surface area contributed by atoms with Crippen LogP contribution in [0.5, 0.6) is 11.5 Å². The van der Waals surface area contributed by atoms with Crippen LogP contribution in [0.25, 0.3) is 0 Å². The van der Waals surface area contributed by atoms with Crippen LogP contribution in [0.15, 0.2) is 18.2 Å². The third-order valence-corrected chi connectivity index (χ3v) is 5.57. The minimum Gasteiger partial charge on any atom is -0.477 e. The summed E-state index contributed by atoms with van der Waals surface area (Å²) in [4.78, 5) is 50.1. The molecule has 12 heteroatoms. The maximum atomic E-state index is 12.7. The summed E-state index contributed by atoms with van der Waals surface area (Å²) in [6.45, 7) is 13.3. The van der Waals surface area contributed by atoms with E-state index in [1.54, 1.807) is 55.4 Å². The van der Waals surface area contributed by atoms with Crippen molar-refractivity contribution in [1.29, 1.82) is 0 Å². The number of ether oxygens (including phenoxy) is 6. The van der Waals surface area contributed by atoms with E-state index in [1.165, 1.54) is 18.2 Å². The van der Waals surface area contributed by atoms with E-state index in [-0.39, 0.29) is 23.2 Å². The van der Waals surface area contributed by atoms with Gasteiger partial charge in [0.15, 0.2) is 11.5 Å². The van der Waals surface area contributed by atoms with E-state index in [2.05, 4.69) is 5.32 Å². The van der Waals surface area contributed by atoms with E-state index >= 15 is 0 Å². The van der Waals surface area contributed by atoms with Crippen molar-refractivity contribution in [2.24, 2.45) is 0 Å². The number of hydrogen-bond acceptors (Lipinski definition) is 11. The number of carboxylic acids is 1. The van der Waals surface area contributed by atoms with Crippen molar-refractivity contribution < 1.29 is 52.7 Å². The van der Waals surface area contributed by atoms with E-state index < -0.39 is 53.8 Å². The van der Waals surface area contributed by atoms with Gasteiger partial charge in [-0.25, -0.2) is 19.2 Å². The number of carboxylic acid groups (broad SMARTS) is 1. The first-order chi connectivity index (χ1) is 18.9. The Balaban J connectivity index is 2.40.